The number of nitrogens with zero attached hydrogens (tertiary/aromatic N) is 1. The van der Waals surface area contributed by atoms with E-state index in [0.717, 1.165) is 23.4 Å². The zero-order chi connectivity index (χ0) is 16.0. The van der Waals surface area contributed by atoms with Crippen LogP contribution >= 0.6 is 11.8 Å². The average Bonchev–Trinajstić information content (AvgIpc) is 3.07. The van der Waals surface area contributed by atoms with Crippen molar-refractivity contribution in [2.45, 2.75) is 18.2 Å². The van der Waals surface area contributed by atoms with Crippen LogP contribution in [0, 0.1) is 0 Å². The largest absolute Gasteiger partial charge is 0.323 e. The number of carbonyl (C=O) groups excluding carboxylic acids is 2. The van der Waals surface area contributed by atoms with Gasteiger partial charge in [0, 0.05) is 16.9 Å². The van der Waals surface area contributed by atoms with Crippen LogP contribution < -0.4 is 10.2 Å². The van der Waals surface area contributed by atoms with Crippen LogP contribution in [0.2, 0.25) is 0 Å². The smallest absolute Gasteiger partial charge is 0.266 e. The van der Waals surface area contributed by atoms with Gasteiger partial charge in [-0.3, -0.25) is 14.5 Å². The lowest BCUT2D eigenvalue weighted by Crippen LogP contribution is -2.47. The predicted octanol–water partition coefficient (Wildman–Crippen LogP) is 3.13. The summed E-state index contributed by atoms with van der Waals surface area (Å²) in [4.78, 5) is 26.0. The maximum Gasteiger partial charge on any atom is 0.266 e. The molecule has 1 atom stereocenters. The van der Waals surface area contributed by atoms with E-state index in [-0.39, 0.29) is 11.8 Å². The maximum absolute atomic E-state index is 12.8. The first-order valence-electron chi connectivity index (χ1n) is 7.63. The van der Waals surface area contributed by atoms with Crippen molar-refractivity contribution in [3.8, 4) is 0 Å². The van der Waals surface area contributed by atoms with Gasteiger partial charge in [-0.1, -0.05) is 37.3 Å². The maximum atomic E-state index is 12.8. The highest BCUT2D eigenvalue weighted by molar-refractivity contribution is 8.02. The molecule has 2 aliphatic heterocycles. The summed E-state index contributed by atoms with van der Waals surface area (Å²) < 4.78 is 0. The SMILES string of the molecule is CCc1ccc(N2C(=O)CS[C@]23C(=O)Nc2ccccc23)cc1. The van der Waals surface area contributed by atoms with Crippen molar-refractivity contribution in [3.05, 3.63) is 59.7 Å². The lowest BCUT2D eigenvalue weighted by atomic mass is 10.0. The molecule has 23 heavy (non-hydrogen) atoms. The van der Waals surface area contributed by atoms with Crippen molar-refractivity contribution in [3.63, 3.8) is 0 Å². The van der Waals surface area contributed by atoms with Crippen LogP contribution in [0.1, 0.15) is 18.1 Å². The molecule has 1 fully saturated rings. The number of nitrogens with one attached hydrogen (secondary N) is 1. The first-order valence-corrected chi connectivity index (χ1v) is 8.62. The Labute approximate surface area is 138 Å². The molecule has 2 amide bonds. The number of para-hydroxylation sites is 1. The summed E-state index contributed by atoms with van der Waals surface area (Å²) in [5.74, 6) is 0.123. The van der Waals surface area contributed by atoms with Gasteiger partial charge in [0.05, 0.1) is 5.75 Å². The number of anilines is 2. The second-order valence-electron chi connectivity index (χ2n) is 5.68. The number of rotatable bonds is 2. The topological polar surface area (TPSA) is 49.4 Å². The quantitative estimate of drug-likeness (QED) is 0.923. The van der Waals surface area contributed by atoms with Gasteiger partial charge in [-0.05, 0) is 30.2 Å². The van der Waals surface area contributed by atoms with Crippen LogP contribution in [-0.2, 0) is 20.9 Å². The number of hydrogen-bond acceptors (Lipinski definition) is 3. The fourth-order valence-corrected chi connectivity index (χ4v) is 4.57. The molecule has 4 rings (SSSR count). The van der Waals surface area contributed by atoms with Crippen molar-refractivity contribution in [1.29, 1.82) is 0 Å². The Morgan fingerprint density at radius 3 is 2.61 bits per heavy atom. The Morgan fingerprint density at radius 2 is 1.87 bits per heavy atom. The molecule has 4 nitrogen and oxygen atoms in total. The van der Waals surface area contributed by atoms with Gasteiger partial charge >= 0.3 is 0 Å². The van der Waals surface area contributed by atoms with Crippen molar-refractivity contribution in [2.24, 2.45) is 0 Å². The molecule has 0 saturated carbocycles. The molecule has 1 N–H and O–H groups in total. The minimum Gasteiger partial charge on any atom is -0.323 e. The monoisotopic (exact) mass is 324 g/mol. The Morgan fingerprint density at radius 1 is 1.13 bits per heavy atom. The van der Waals surface area contributed by atoms with Gasteiger partial charge in [-0.15, -0.1) is 11.8 Å². The van der Waals surface area contributed by atoms with Crippen LogP contribution in [0.3, 0.4) is 0 Å². The van der Waals surface area contributed by atoms with Crippen LogP contribution in [-0.4, -0.2) is 17.6 Å². The van der Waals surface area contributed by atoms with Crippen molar-refractivity contribution < 1.29 is 9.59 Å². The fraction of sp³-hybridized carbons (Fsp3) is 0.222. The summed E-state index contributed by atoms with van der Waals surface area (Å²) in [6.45, 7) is 2.09. The number of thioether (sulfide) groups is 1. The molecule has 0 bridgehead atoms. The highest BCUT2D eigenvalue weighted by Crippen LogP contribution is 2.53. The number of benzene rings is 2. The molecular formula is C18H16N2O2S. The van der Waals surface area contributed by atoms with E-state index in [1.807, 2.05) is 48.5 Å². The summed E-state index contributed by atoms with van der Waals surface area (Å²) in [6, 6.07) is 15.5. The summed E-state index contributed by atoms with van der Waals surface area (Å²) >= 11 is 1.39. The molecule has 0 aromatic heterocycles. The Balaban J connectivity index is 1.87. The summed E-state index contributed by atoms with van der Waals surface area (Å²) in [5, 5.41) is 2.92. The van der Waals surface area contributed by atoms with Gasteiger partial charge in [0.1, 0.15) is 0 Å². The van der Waals surface area contributed by atoms with Gasteiger partial charge < -0.3 is 5.32 Å². The van der Waals surface area contributed by atoms with Crippen molar-refractivity contribution in [1.82, 2.24) is 0 Å². The zero-order valence-electron chi connectivity index (χ0n) is 12.7. The van der Waals surface area contributed by atoms with Crippen LogP contribution in [0.15, 0.2) is 48.5 Å². The van der Waals surface area contributed by atoms with E-state index in [0.29, 0.717) is 5.75 Å². The minimum absolute atomic E-state index is 0.0360. The lowest BCUT2D eigenvalue weighted by molar-refractivity contribution is -0.122. The van der Waals surface area contributed by atoms with E-state index >= 15 is 0 Å². The second-order valence-corrected chi connectivity index (χ2v) is 6.85. The standard InChI is InChI=1S/C18H16N2O2S/c1-2-12-7-9-13(10-8-12)20-16(21)11-23-18(20)14-5-3-4-6-15(14)19-17(18)22/h3-10H,2,11H2,1H3,(H,19,22)/t18-/m1/s1. The van der Waals surface area contributed by atoms with Gasteiger partial charge in [-0.2, -0.15) is 0 Å². The summed E-state index contributed by atoms with van der Waals surface area (Å²) in [7, 11) is 0. The van der Waals surface area contributed by atoms with Crippen molar-refractivity contribution >= 4 is 35.0 Å². The van der Waals surface area contributed by atoms with Gasteiger partial charge in [0.15, 0.2) is 0 Å². The number of aryl methyl sites for hydroxylation is 1. The van der Waals surface area contributed by atoms with E-state index in [4.69, 9.17) is 0 Å². The van der Waals surface area contributed by atoms with E-state index in [9.17, 15) is 9.59 Å². The molecule has 0 radical (unpaired) electrons. The minimum atomic E-state index is -0.985. The molecule has 1 spiro atoms. The first kappa shape index (κ1) is 14.3. The number of fused-ring (bicyclic) bond motifs is 2. The third-order valence-electron chi connectivity index (χ3n) is 4.42. The number of amides is 2. The fourth-order valence-electron chi connectivity index (χ4n) is 3.26. The number of carbonyl (C=O) groups is 2. The third-order valence-corrected chi connectivity index (χ3v) is 5.82. The summed E-state index contributed by atoms with van der Waals surface area (Å²) in [5.41, 5.74) is 3.62. The molecule has 5 heteroatoms. The van der Waals surface area contributed by atoms with Crippen LogP contribution in [0.5, 0.6) is 0 Å². The Bertz CT molecular complexity index is 803. The average molecular weight is 324 g/mol. The lowest BCUT2D eigenvalue weighted by Gasteiger charge is -2.32. The second kappa shape index (κ2) is 5.13. The highest BCUT2D eigenvalue weighted by Gasteiger charge is 2.58. The van der Waals surface area contributed by atoms with Gasteiger partial charge in [0.2, 0.25) is 10.8 Å². The molecule has 2 aromatic carbocycles. The molecule has 2 heterocycles. The molecule has 116 valence electrons. The van der Waals surface area contributed by atoms with Crippen molar-refractivity contribution in [2.75, 3.05) is 16.0 Å². The third kappa shape index (κ3) is 1.93. The molecular weight excluding hydrogens is 308 g/mol. The number of hydrogen-bond donors (Lipinski definition) is 1. The molecule has 1 saturated heterocycles. The zero-order valence-corrected chi connectivity index (χ0v) is 13.5. The van der Waals surface area contributed by atoms with Gasteiger partial charge in [0.25, 0.3) is 5.91 Å². The Hall–Kier alpha value is -2.27. The van der Waals surface area contributed by atoms with E-state index in [1.54, 1.807) is 4.90 Å². The van der Waals surface area contributed by atoms with E-state index in [1.165, 1.54) is 17.3 Å². The molecule has 0 aliphatic carbocycles. The highest BCUT2D eigenvalue weighted by atomic mass is 32.2. The van der Waals surface area contributed by atoms with Crippen LogP contribution in [0.4, 0.5) is 11.4 Å². The Kier molecular flexibility index (Phi) is 3.20. The van der Waals surface area contributed by atoms with Crippen LogP contribution in [0.25, 0.3) is 0 Å². The van der Waals surface area contributed by atoms with Gasteiger partial charge in [-0.25, -0.2) is 0 Å². The normalized spacial score (nSPS) is 22.6. The van der Waals surface area contributed by atoms with E-state index in [2.05, 4.69) is 12.2 Å². The summed E-state index contributed by atoms with van der Waals surface area (Å²) in [6.07, 6.45) is 0.942. The molecule has 2 aliphatic rings. The molecule has 2 aromatic rings. The van der Waals surface area contributed by atoms with E-state index < -0.39 is 4.87 Å². The predicted molar refractivity (Wildman–Crippen MR) is 92.5 cm³/mol. The first-order chi connectivity index (χ1) is 11.2. The molecule has 0 unspecified atom stereocenters.